The molecule has 23 heavy (non-hydrogen) atoms. The van der Waals surface area contributed by atoms with Crippen molar-refractivity contribution in [1.29, 1.82) is 0 Å². The molecule has 0 unspecified atom stereocenters. The lowest BCUT2D eigenvalue weighted by molar-refractivity contribution is -0.115. The summed E-state index contributed by atoms with van der Waals surface area (Å²) < 4.78 is 0. The van der Waals surface area contributed by atoms with Gasteiger partial charge in [0.05, 0.1) is 6.04 Å². The average molecular weight is 332 g/mol. The number of nitrogens with one attached hydrogen (secondary N) is 3. The lowest BCUT2D eigenvalue weighted by atomic mass is 10.2. The molecule has 7 heteroatoms. The lowest BCUT2D eigenvalue weighted by Crippen LogP contribution is -2.31. The zero-order valence-electron chi connectivity index (χ0n) is 13.3. The number of hydrogen-bond acceptors (Lipinski definition) is 4. The number of carbonyl (C=O) groups excluding carboxylic acids is 2. The maximum atomic E-state index is 12.0. The van der Waals surface area contributed by atoms with E-state index in [4.69, 9.17) is 0 Å². The second kappa shape index (κ2) is 7.73. The maximum Gasteiger partial charge on any atom is 0.319 e. The van der Waals surface area contributed by atoms with E-state index in [0.29, 0.717) is 17.8 Å². The standard InChI is InChI=1S/C16H20N4O2S/c1-4-14(21)19-12-5-7-13(8-6-12)20-16(22)18-11(3)15-17-10(2)9-23-15/h5-9,11H,4H2,1-3H3,(H,19,21)(H2,18,20,22)/t11-/m0/s1. The number of aromatic nitrogens is 1. The van der Waals surface area contributed by atoms with Gasteiger partial charge in [0, 0.05) is 28.9 Å². The highest BCUT2D eigenvalue weighted by atomic mass is 32.1. The van der Waals surface area contributed by atoms with Crippen molar-refractivity contribution in [2.45, 2.75) is 33.2 Å². The van der Waals surface area contributed by atoms with Gasteiger partial charge < -0.3 is 16.0 Å². The highest BCUT2D eigenvalue weighted by Crippen LogP contribution is 2.18. The third kappa shape index (κ3) is 5.07. The van der Waals surface area contributed by atoms with Gasteiger partial charge in [0.25, 0.3) is 0 Å². The van der Waals surface area contributed by atoms with Crippen LogP contribution in [0.3, 0.4) is 0 Å². The van der Waals surface area contributed by atoms with Crippen LogP contribution < -0.4 is 16.0 Å². The SMILES string of the molecule is CCC(=O)Nc1ccc(NC(=O)N[C@@H](C)c2nc(C)cs2)cc1. The molecule has 1 heterocycles. The molecule has 3 N–H and O–H groups in total. The second-order valence-corrected chi connectivity index (χ2v) is 6.02. The van der Waals surface area contributed by atoms with Crippen LogP contribution in [0.2, 0.25) is 0 Å². The molecule has 0 bridgehead atoms. The van der Waals surface area contributed by atoms with E-state index in [9.17, 15) is 9.59 Å². The smallest absolute Gasteiger partial charge is 0.319 e. The molecule has 0 radical (unpaired) electrons. The highest BCUT2D eigenvalue weighted by Gasteiger charge is 2.12. The van der Waals surface area contributed by atoms with Gasteiger partial charge in [0.15, 0.2) is 0 Å². The molecule has 0 saturated heterocycles. The fourth-order valence-electron chi connectivity index (χ4n) is 1.88. The third-order valence-electron chi connectivity index (χ3n) is 3.10. The van der Waals surface area contributed by atoms with Crippen molar-refractivity contribution in [3.8, 4) is 0 Å². The van der Waals surface area contributed by atoms with Crippen LogP contribution in [0.15, 0.2) is 29.6 Å². The molecule has 0 aliphatic heterocycles. The molecule has 0 aliphatic rings. The van der Waals surface area contributed by atoms with E-state index < -0.39 is 0 Å². The molecule has 0 spiro atoms. The first-order chi connectivity index (χ1) is 11.0. The van der Waals surface area contributed by atoms with Crippen LogP contribution >= 0.6 is 11.3 Å². The number of aryl methyl sites for hydroxylation is 1. The van der Waals surface area contributed by atoms with Crippen molar-refractivity contribution in [3.63, 3.8) is 0 Å². The molecule has 1 aromatic carbocycles. The van der Waals surface area contributed by atoms with Gasteiger partial charge in [-0.3, -0.25) is 4.79 Å². The Kier molecular flexibility index (Phi) is 5.70. The molecule has 2 aromatic rings. The molecule has 1 atom stereocenters. The summed E-state index contributed by atoms with van der Waals surface area (Å²) >= 11 is 1.52. The molecule has 2 rings (SSSR count). The number of carbonyl (C=O) groups is 2. The van der Waals surface area contributed by atoms with Crippen LogP contribution in [0.1, 0.15) is 37.0 Å². The van der Waals surface area contributed by atoms with Crippen LogP contribution in [0.4, 0.5) is 16.2 Å². The largest absolute Gasteiger partial charge is 0.329 e. The van der Waals surface area contributed by atoms with Crippen LogP contribution in [-0.4, -0.2) is 16.9 Å². The molecule has 1 aromatic heterocycles. The summed E-state index contributed by atoms with van der Waals surface area (Å²) in [5.74, 6) is -0.0454. The number of amides is 3. The molecule has 0 fully saturated rings. The van der Waals surface area contributed by atoms with E-state index in [2.05, 4.69) is 20.9 Å². The van der Waals surface area contributed by atoms with Gasteiger partial charge >= 0.3 is 6.03 Å². The van der Waals surface area contributed by atoms with Crippen LogP contribution in [0, 0.1) is 6.92 Å². The van der Waals surface area contributed by atoms with Gasteiger partial charge in [-0.05, 0) is 38.1 Å². The Hall–Kier alpha value is -2.41. The van der Waals surface area contributed by atoms with Crippen molar-refractivity contribution in [1.82, 2.24) is 10.3 Å². The van der Waals surface area contributed by atoms with Gasteiger partial charge in [-0.2, -0.15) is 0 Å². The number of nitrogens with zero attached hydrogens (tertiary/aromatic N) is 1. The normalized spacial score (nSPS) is 11.6. The van der Waals surface area contributed by atoms with Crippen LogP contribution in [-0.2, 0) is 4.79 Å². The topological polar surface area (TPSA) is 83.1 Å². The maximum absolute atomic E-state index is 12.0. The zero-order valence-corrected chi connectivity index (χ0v) is 14.2. The van der Waals surface area contributed by atoms with Gasteiger partial charge in [0.1, 0.15) is 5.01 Å². The van der Waals surface area contributed by atoms with Gasteiger partial charge in [0.2, 0.25) is 5.91 Å². The van der Waals surface area contributed by atoms with E-state index in [-0.39, 0.29) is 18.0 Å². The number of thiazole rings is 1. The number of anilines is 2. The summed E-state index contributed by atoms with van der Waals surface area (Å²) in [6, 6.07) is 6.52. The van der Waals surface area contributed by atoms with E-state index in [1.54, 1.807) is 31.2 Å². The number of rotatable bonds is 5. The Labute approximate surface area is 139 Å². The predicted molar refractivity (Wildman–Crippen MR) is 92.8 cm³/mol. The second-order valence-electron chi connectivity index (χ2n) is 5.13. The van der Waals surface area contributed by atoms with Gasteiger partial charge in [-0.25, -0.2) is 9.78 Å². The van der Waals surface area contributed by atoms with Crippen LogP contribution in [0.25, 0.3) is 0 Å². The van der Waals surface area contributed by atoms with E-state index in [1.165, 1.54) is 11.3 Å². The molecule has 0 aliphatic carbocycles. The monoisotopic (exact) mass is 332 g/mol. The Morgan fingerprint density at radius 2 is 1.78 bits per heavy atom. The molecular formula is C16H20N4O2S. The Balaban J connectivity index is 1.88. The van der Waals surface area contributed by atoms with E-state index >= 15 is 0 Å². The first-order valence-corrected chi connectivity index (χ1v) is 8.25. The average Bonchev–Trinajstić information content (AvgIpc) is 2.95. The molecule has 3 amide bonds. The predicted octanol–water partition coefficient (Wildman–Crippen LogP) is 3.68. The van der Waals surface area contributed by atoms with Crippen molar-refractivity contribution >= 4 is 34.6 Å². The van der Waals surface area contributed by atoms with E-state index in [0.717, 1.165) is 10.7 Å². The van der Waals surface area contributed by atoms with Gasteiger partial charge in [-0.15, -0.1) is 11.3 Å². The minimum atomic E-state index is -0.296. The van der Waals surface area contributed by atoms with Crippen molar-refractivity contribution in [2.24, 2.45) is 0 Å². The van der Waals surface area contributed by atoms with E-state index in [1.807, 2.05) is 19.2 Å². The first-order valence-electron chi connectivity index (χ1n) is 7.37. The summed E-state index contributed by atoms with van der Waals surface area (Å²) in [5, 5.41) is 11.2. The number of hydrogen-bond donors (Lipinski definition) is 3. The minimum Gasteiger partial charge on any atom is -0.329 e. The number of urea groups is 1. The van der Waals surface area contributed by atoms with Gasteiger partial charge in [-0.1, -0.05) is 6.92 Å². The fourth-order valence-corrected chi connectivity index (χ4v) is 2.69. The molecule has 6 nitrogen and oxygen atoms in total. The Morgan fingerprint density at radius 1 is 1.17 bits per heavy atom. The summed E-state index contributed by atoms with van der Waals surface area (Å²) in [6.45, 7) is 5.60. The fraction of sp³-hybridized carbons (Fsp3) is 0.312. The van der Waals surface area contributed by atoms with Crippen LogP contribution in [0.5, 0.6) is 0 Å². The van der Waals surface area contributed by atoms with Crippen molar-refractivity contribution < 1.29 is 9.59 Å². The summed E-state index contributed by atoms with van der Waals surface area (Å²) in [4.78, 5) is 27.7. The Morgan fingerprint density at radius 3 is 2.30 bits per heavy atom. The summed E-state index contributed by atoms with van der Waals surface area (Å²) in [7, 11) is 0. The summed E-state index contributed by atoms with van der Waals surface area (Å²) in [5.41, 5.74) is 2.30. The quantitative estimate of drug-likeness (QED) is 0.781. The molecule has 0 saturated carbocycles. The van der Waals surface area contributed by atoms with Crippen molar-refractivity contribution in [2.75, 3.05) is 10.6 Å². The minimum absolute atomic E-state index is 0.0454. The van der Waals surface area contributed by atoms with Crippen molar-refractivity contribution in [3.05, 3.63) is 40.3 Å². The Bertz CT molecular complexity index is 682. The molecular weight excluding hydrogens is 312 g/mol. The summed E-state index contributed by atoms with van der Waals surface area (Å²) in [6.07, 6.45) is 0.427. The first kappa shape index (κ1) is 17.0. The zero-order chi connectivity index (χ0) is 16.8. The lowest BCUT2D eigenvalue weighted by Gasteiger charge is -2.13. The number of benzene rings is 1. The third-order valence-corrected chi connectivity index (χ3v) is 4.25. The molecule has 122 valence electrons. The highest BCUT2D eigenvalue weighted by molar-refractivity contribution is 7.09.